The zero-order valence-electron chi connectivity index (χ0n) is 10.4. The fourth-order valence-electron chi connectivity index (χ4n) is 3.22. The van der Waals surface area contributed by atoms with Crippen molar-refractivity contribution in [2.75, 3.05) is 26.3 Å². The van der Waals surface area contributed by atoms with Crippen LogP contribution in [0.1, 0.15) is 39.0 Å². The lowest BCUT2D eigenvalue weighted by atomic mass is 9.73. The second-order valence-electron chi connectivity index (χ2n) is 5.42. The Labute approximate surface area is 98.6 Å². The largest absolute Gasteiger partial charge is 0.389 e. The lowest BCUT2D eigenvalue weighted by molar-refractivity contribution is -0.0714. The summed E-state index contributed by atoms with van der Waals surface area (Å²) in [6.45, 7) is 5.91. The van der Waals surface area contributed by atoms with E-state index in [0.29, 0.717) is 11.8 Å². The molecule has 0 saturated carbocycles. The fraction of sp³-hybridized carbons (Fsp3) is 1.00. The number of aliphatic hydroxyl groups is 1. The van der Waals surface area contributed by atoms with Gasteiger partial charge in [0.25, 0.3) is 0 Å². The maximum absolute atomic E-state index is 10.8. The van der Waals surface area contributed by atoms with Gasteiger partial charge in [-0.1, -0.05) is 6.92 Å². The number of nitrogens with one attached hydrogen (secondary N) is 1. The summed E-state index contributed by atoms with van der Waals surface area (Å²) in [4.78, 5) is 0. The summed E-state index contributed by atoms with van der Waals surface area (Å²) < 4.78 is 5.38. The van der Waals surface area contributed by atoms with Crippen LogP contribution in [0, 0.1) is 11.8 Å². The van der Waals surface area contributed by atoms with Gasteiger partial charge in [0.1, 0.15) is 0 Å². The monoisotopic (exact) mass is 227 g/mol. The predicted molar refractivity (Wildman–Crippen MR) is 64.4 cm³/mol. The SMILES string of the molecule is CCC1CNCCC1(O)CC1CCOCC1. The van der Waals surface area contributed by atoms with E-state index in [0.717, 1.165) is 58.4 Å². The van der Waals surface area contributed by atoms with Gasteiger partial charge in [-0.25, -0.2) is 0 Å². The molecule has 0 radical (unpaired) electrons. The first-order valence-corrected chi connectivity index (χ1v) is 6.75. The lowest BCUT2D eigenvalue weighted by Crippen LogP contribution is -2.51. The number of hydrogen-bond acceptors (Lipinski definition) is 3. The van der Waals surface area contributed by atoms with E-state index in [1.807, 2.05) is 0 Å². The minimum atomic E-state index is -0.415. The van der Waals surface area contributed by atoms with Crippen LogP contribution in [0.2, 0.25) is 0 Å². The van der Waals surface area contributed by atoms with Crippen LogP contribution in [0.4, 0.5) is 0 Å². The number of rotatable bonds is 3. The molecule has 3 nitrogen and oxygen atoms in total. The fourth-order valence-corrected chi connectivity index (χ4v) is 3.22. The molecule has 0 amide bonds. The zero-order valence-corrected chi connectivity index (χ0v) is 10.4. The van der Waals surface area contributed by atoms with Crippen LogP contribution in [-0.2, 0) is 4.74 Å². The zero-order chi connectivity index (χ0) is 11.4. The molecule has 2 aliphatic rings. The van der Waals surface area contributed by atoms with Crippen molar-refractivity contribution in [3.05, 3.63) is 0 Å². The van der Waals surface area contributed by atoms with E-state index < -0.39 is 5.60 Å². The number of piperidine rings is 1. The average Bonchev–Trinajstić information content (AvgIpc) is 2.30. The van der Waals surface area contributed by atoms with Gasteiger partial charge in [0.15, 0.2) is 0 Å². The van der Waals surface area contributed by atoms with Crippen LogP contribution in [-0.4, -0.2) is 37.0 Å². The summed E-state index contributed by atoms with van der Waals surface area (Å²) in [6.07, 6.45) is 5.24. The molecule has 0 aromatic heterocycles. The van der Waals surface area contributed by atoms with Gasteiger partial charge >= 0.3 is 0 Å². The summed E-state index contributed by atoms with van der Waals surface area (Å²) in [5, 5.41) is 14.2. The lowest BCUT2D eigenvalue weighted by Gasteiger charge is -2.42. The van der Waals surface area contributed by atoms with Gasteiger partial charge in [-0.2, -0.15) is 0 Å². The number of hydrogen-bond donors (Lipinski definition) is 2. The molecule has 2 saturated heterocycles. The van der Waals surface area contributed by atoms with Crippen molar-refractivity contribution in [1.29, 1.82) is 0 Å². The van der Waals surface area contributed by atoms with E-state index in [1.165, 1.54) is 0 Å². The van der Waals surface area contributed by atoms with Crippen molar-refractivity contribution >= 4 is 0 Å². The molecular formula is C13H25NO2. The van der Waals surface area contributed by atoms with Crippen molar-refractivity contribution in [3.63, 3.8) is 0 Å². The van der Waals surface area contributed by atoms with Gasteiger partial charge in [-0.05, 0) is 50.5 Å². The summed E-state index contributed by atoms with van der Waals surface area (Å²) >= 11 is 0. The molecule has 2 aliphatic heterocycles. The minimum absolute atomic E-state index is 0.415. The third-order valence-electron chi connectivity index (χ3n) is 4.36. The maximum Gasteiger partial charge on any atom is 0.0702 e. The van der Waals surface area contributed by atoms with E-state index in [1.54, 1.807) is 0 Å². The minimum Gasteiger partial charge on any atom is -0.389 e. The summed E-state index contributed by atoms with van der Waals surface area (Å²) in [6, 6.07) is 0. The first kappa shape index (κ1) is 12.3. The van der Waals surface area contributed by atoms with Crippen molar-refractivity contribution < 1.29 is 9.84 Å². The molecule has 2 N–H and O–H groups in total. The molecule has 0 spiro atoms. The molecular weight excluding hydrogens is 202 g/mol. The maximum atomic E-state index is 10.8. The Morgan fingerprint density at radius 2 is 2.12 bits per heavy atom. The van der Waals surface area contributed by atoms with E-state index in [-0.39, 0.29) is 0 Å². The summed E-state index contributed by atoms with van der Waals surface area (Å²) in [5.74, 6) is 1.11. The molecule has 94 valence electrons. The van der Waals surface area contributed by atoms with Crippen LogP contribution in [0.25, 0.3) is 0 Å². The molecule has 2 fully saturated rings. The molecule has 0 aromatic rings. The predicted octanol–water partition coefficient (Wildman–Crippen LogP) is 1.55. The van der Waals surface area contributed by atoms with Crippen molar-refractivity contribution in [1.82, 2.24) is 5.32 Å². The molecule has 2 heterocycles. The smallest absolute Gasteiger partial charge is 0.0702 e. The van der Waals surface area contributed by atoms with Gasteiger partial charge < -0.3 is 15.2 Å². The molecule has 3 heteroatoms. The van der Waals surface area contributed by atoms with Crippen LogP contribution < -0.4 is 5.32 Å². The third kappa shape index (κ3) is 2.76. The van der Waals surface area contributed by atoms with Gasteiger partial charge in [-0.15, -0.1) is 0 Å². The standard InChI is InChI=1S/C13H25NO2/c1-2-12-10-14-6-5-13(12,15)9-11-3-7-16-8-4-11/h11-12,14-15H,2-10H2,1H3. The molecule has 16 heavy (non-hydrogen) atoms. The van der Waals surface area contributed by atoms with E-state index in [9.17, 15) is 5.11 Å². The van der Waals surface area contributed by atoms with Crippen LogP contribution in [0.5, 0.6) is 0 Å². The van der Waals surface area contributed by atoms with Gasteiger partial charge in [0.05, 0.1) is 5.60 Å². The Morgan fingerprint density at radius 3 is 2.81 bits per heavy atom. The van der Waals surface area contributed by atoms with E-state index >= 15 is 0 Å². The Bertz CT molecular complexity index is 216. The van der Waals surface area contributed by atoms with Crippen molar-refractivity contribution in [2.24, 2.45) is 11.8 Å². The highest BCUT2D eigenvalue weighted by molar-refractivity contribution is 4.93. The summed E-state index contributed by atoms with van der Waals surface area (Å²) in [5.41, 5.74) is -0.415. The number of ether oxygens (including phenoxy) is 1. The first-order valence-electron chi connectivity index (χ1n) is 6.75. The summed E-state index contributed by atoms with van der Waals surface area (Å²) in [7, 11) is 0. The second-order valence-corrected chi connectivity index (χ2v) is 5.42. The highest BCUT2D eigenvalue weighted by atomic mass is 16.5. The molecule has 0 aliphatic carbocycles. The van der Waals surface area contributed by atoms with Crippen LogP contribution in [0.3, 0.4) is 0 Å². The molecule has 2 unspecified atom stereocenters. The Hall–Kier alpha value is -0.120. The second kappa shape index (κ2) is 5.48. The highest BCUT2D eigenvalue weighted by Crippen LogP contribution is 2.35. The van der Waals surface area contributed by atoms with Crippen molar-refractivity contribution in [3.8, 4) is 0 Å². The Kier molecular flexibility index (Phi) is 4.22. The molecule has 2 rings (SSSR count). The average molecular weight is 227 g/mol. The van der Waals surface area contributed by atoms with Crippen LogP contribution in [0.15, 0.2) is 0 Å². The Morgan fingerprint density at radius 1 is 1.38 bits per heavy atom. The Balaban J connectivity index is 1.93. The first-order chi connectivity index (χ1) is 7.74. The highest BCUT2D eigenvalue weighted by Gasteiger charge is 2.39. The normalized spacial score (nSPS) is 37.5. The quantitative estimate of drug-likeness (QED) is 0.768. The van der Waals surface area contributed by atoms with Crippen molar-refractivity contribution in [2.45, 2.75) is 44.6 Å². The third-order valence-corrected chi connectivity index (χ3v) is 4.36. The van der Waals surface area contributed by atoms with E-state index in [2.05, 4.69) is 12.2 Å². The van der Waals surface area contributed by atoms with Gasteiger partial charge in [-0.3, -0.25) is 0 Å². The molecule has 0 aromatic carbocycles. The van der Waals surface area contributed by atoms with Gasteiger partial charge in [0, 0.05) is 19.8 Å². The van der Waals surface area contributed by atoms with Crippen LogP contribution >= 0.6 is 0 Å². The molecule has 0 bridgehead atoms. The van der Waals surface area contributed by atoms with E-state index in [4.69, 9.17) is 4.74 Å². The van der Waals surface area contributed by atoms with Gasteiger partial charge in [0.2, 0.25) is 0 Å². The molecule has 2 atom stereocenters. The topological polar surface area (TPSA) is 41.5 Å².